The van der Waals surface area contributed by atoms with Gasteiger partial charge in [-0.25, -0.2) is 9.67 Å². The molecule has 3 rings (SSSR count). The number of nitrogens with zero attached hydrogens (tertiary/aromatic N) is 3. The molecule has 0 N–H and O–H groups in total. The van der Waals surface area contributed by atoms with Crippen LogP contribution in [0.4, 0.5) is 26.3 Å². The molecule has 10 heteroatoms. The number of hydrogen-bond donors (Lipinski definition) is 0. The maximum Gasteiger partial charge on any atom is 0.435 e. The number of rotatable bonds is 2. The van der Waals surface area contributed by atoms with Gasteiger partial charge >= 0.3 is 12.4 Å². The van der Waals surface area contributed by atoms with Crippen LogP contribution in [0.1, 0.15) is 11.3 Å². The molecule has 0 radical (unpaired) electrons. The van der Waals surface area contributed by atoms with Crippen molar-refractivity contribution in [2.75, 3.05) is 0 Å². The molecule has 0 bridgehead atoms. The van der Waals surface area contributed by atoms with Crippen molar-refractivity contribution in [2.45, 2.75) is 12.4 Å². The Morgan fingerprint density at radius 3 is 2.25 bits per heavy atom. The van der Waals surface area contributed by atoms with Gasteiger partial charge < -0.3 is 0 Å². The van der Waals surface area contributed by atoms with Crippen LogP contribution in [-0.4, -0.2) is 14.8 Å². The van der Waals surface area contributed by atoms with Crippen molar-refractivity contribution < 1.29 is 26.3 Å². The first-order valence-corrected chi connectivity index (χ1v) is 7.29. The highest BCUT2D eigenvalue weighted by atomic mass is 32.1. The molecule has 0 fully saturated rings. The SMILES string of the molecule is FC(F)(F)c1cc(-c2ccccc2C(F)(F)F)n(-c2nccs2)n1. The van der Waals surface area contributed by atoms with Gasteiger partial charge in [-0.1, -0.05) is 18.2 Å². The van der Waals surface area contributed by atoms with Crippen LogP contribution >= 0.6 is 11.3 Å². The van der Waals surface area contributed by atoms with E-state index in [0.29, 0.717) is 6.07 Å². The molecule has 1 aromatic carbocycles. The van der Waals surface area contributed by atoms with Crippen molar-refractivity contribution in [2.24, 2.45) is 0 Å². The molecule has 3 aromatic rings. The summed E-state index contributed by atoms with van der Waals surface area (Å²) in [6.07, 6.45) is -8.17. The van der Waals surface area contributed by atoms with Gasteiger partial charge in [0.2, 0.25) is 5.13 Å². The minimum Gasteiger partial charge on any atom is -0.227 e. The summed E-state index contributed by atoms with van der Waals surface area (Å²) in [5.74, 6) is 0. The third-order valence-electron chi connectivity index (χ3n) is 3.11. The van der Waals surface area contributed by atoms with E-state index >= 15 is 0 Å². The number of thiazole rings is 1. The van der Waals surface area contributed by atoms with Gasteiger partial charge in [0, 0.05) is 17.1 Å². The standard InChI is InChI=1S/C14H7F6N3S/c15-13(16,17)9-4-2-1-3-8(9)10-7-11(14(18,19)20)22-23(10)12-21-5-6-24-12/h1-7H. The van der Waals surface area contributed by atoms with Crippen LogP contribution < -0.4 is 0 Å². The van der Waals surface area contributed by atoms with E-state index in [2.05, 4.69) is 10.1 Å². The van der Waals surface area contributed by atoms with E-state index in [1.807, 2.05) is 0 Å². The molecule has 0 amide bonds. The fourth-order valence-corrected chi connectivity index (χ4v) is 2.74. The van der Waals surface area contributed by atoms with E-state index in [1.54, 1.807) is 0 Å². The predicted molar refractivity (Wildman–Crippen MR) is 74.7 cm³/mol. The smallest absolute Gasteiger partial charge is 0.227 e. The normalized spacial score (nSPS) is 12.6. The van der Waals surface area contributed by atoms with Crippen molar-refractivity contribution in [3.8, 4) is 16.4 Å². The lowest BCUT2D eigenvalue weighted by molar-refractivity contribution is -0.141. The van der Waals surface area contributed by atoms with E-state index in [0.717, 1.165) is 28.2 Å². The molecule has 2 aromatic heterocycles. The summed E-state index contributed by atoms with van der Waals surface area (Å²) in [5, 5.41) is 4.92. The van der Waals surface area contributed by atoms with Gasteiger partial charge in [0.25, 0.3) is 0 Å². The summed E-state index contributed by atoms with van der Waals surface area (Å²) in [4.78, 5) is 3.83. The van der Waals surface area contributed by atoms with E-state index in [4.69, 9.17) is 0 Å². The van der Waals surface area contributed by atoms with Gasteiger partial charge in [-0.15, -0.1) is 11.3 Å². The van der Waals surface area contributed by atoms with Gasteiger partial charge in [-0.05, 0) is 12.1 Å². The summed E-state index contributed by atoms with van der Waals surface area (Å²) in [5.41, 5.74) is -3.06. The second-order valence-electron chi connectivity index (χ2n) is 4.68. The highest BCUT2D eigenvalue weighted by Gasteiger charge is 2.38. The molecular weight excluding hydrogens is 356 g/mol. The summed E-state index contributed by atoms with van der Waals surface area (Å²) in [6, 6.07) is 4.98. The minimum absolute atomic E-state index is 0.0393. The highest BCUT2D eigenvalue weighted by molar-refractivity contribution is 7.12. The molecule has 126 valence electrons. The first-order chi connectivity index (χ1) is 11.2. The third-order valence-corrected chi connectivity index (χ3v) is 3.86. The molecule has 3 nitrogen and oxygen atoms in total. The zero-order chi connectivity index (χ0) is 17.5. The van der Waals surface area contributed by atoms with Gasteiger partial charge in [0.15, 0.2) is 5.69 Å². The van der Waals surface area contributed by atoms with Crippen LogP contribution in [0.2, 0.25) is 0 Å². The molecule has 0 spiro atoms. The van der Waals surface area contributed by atoms with Crippen molar-refractivity contribution in [1.82, 2.24) is 14.8 Å². The Kier molecular flexibility index (Phi) is 3.86. The molecular formula is C14H7F6N3S. The summed E-state index contributed by atoms with van der Waals surface area (Å²) < 4.78 is 79.2. The monoisotopic (exact) mass is 363 g/mol. The average molecular weight is 363 g/mol. The summed E-state index contributed by atoms with van der Waals surface area (Å²) >= 11 is 0.963. The Morgan fingerprint density at radius 2 is 1.67 bits per heavy atom. The van der Waals surface area contributed by atoms with Crippen molar-refractivity contribution in [1.29, 1.82) is 0 Å². The molecule has 0 saturated carbocycles. The van der Waals surface area contributed by atoms with Gasteiger partial charge in [-0.3, -0.25) is 0 Å². The lowest BCUT2D eigenvalue weighted by Crippen LogP contribution is -2.09. The first-order valence-electron chi connectivity index (χ1n) is 6.41. The van der Waals surface area contributed by atoms with E-state index in [-0.39, 0.29) is 10.8 Å². The molecule has 0 saturated heterocycles. The fraction of sp³-hybridized carbons (Fsp3) is 0.143. The second kappa shape index (κ2) is 5.62. The van der Waals surface area contributed by atoms with Crippen LogP contribution in [0.15, 0.2) is 41.9 Å². The number of hydrogen-bond acceptors (Lipinski definition) is 3. The summed E-state index contributed by atoms with van der Waals surface area (Å²) in [6.45, 7) is 0. The second-order valence-corrected chi connectivity index (χ2v) is 5.56. The Labute approximate surface area is 135 Å². The Bertz CT molecular complexity index is 848. The largest absolute Gasteiger partial charge is 0.435 e. The third kappa shape index (κ3) is 3.01. The van der Waals surface area contributed by atoms with Crippen LogP contribution in [0, 0.1) is 0 Å². The predicted octanol–water partition coefficient (Wildman–Crippen LogP) is 5.03. The minimum atomic E-state index is -4.79. The molecule has 0 aliphatic carbocycles. The molecule has 0 aliphatic rings. The topological polar surface area (TPSA) is 30.7 Å². The van der Waals surface area contributed by atoms with Crippen LogP contribution in [-0.2, 0) is 12.4 Å². The van der Waals surface area contributed by atoms with Crippen molar-refractivity contribution in [3.05, 3.63) is 53.2 Å². The molecule has 0 aliphatic heterocycles. The van der Waals surface area contributed by atoms with E-state index in [9.17, 15) is 26.3 Å². The summed E-state index contributed by atoms with van der Waals surface area (Å²) in [7, 11) is 0. The van der Waals surface area contributed by atoms with Gasteiger partial charge in [0.05, 0.1) is 11.3 Å². The maximum atomic E-state index is 13.2. The van der Waals surface area contributed by atoms with Crippen LogP contribution in [0.25, 0.3) is 16.4 Å². The zero-order valence-electron chi connectivity index (χ0n) is 11.6. The molecule has 0 unspecified atom stereocenters. The maximum absolute atomic E-state index is 13.2. The highest BCUT2D eigenvalue weighted by Crippen LogP contribution is 2.39. The van der Waals surface area contributed by atoms with Crippen LogP contribution in [0.5, 0.6) is 0 Å². The van der Waals surface area contributed by atoms with E-state index < -0.39 is 29.2 Å². The number of benzene rings is 1. The van der Waals surface area contributed by atoms with Crippen LogP contribution in [0.3, 0.4) is 0 Å². The van der Waals surface area contributed by atoms with Crippen molar-refractivity contribution in [3.63, 3.8) is 0 Å². The van der Waals surface area contributed by atoms with Gasteiger partial charge in [0.1, 0.15) is 0 Å². The molecule has 2 heterocycles. The molecule has 24 heavy (non-hydrogen) atoms. The number of aromatic nitrogens is 3. The Hall–Kier alpha value is -2.36. The molecule has 0 atom stereocenters. The number of halogens is 6. The Morgan fingerprint density at radius 1 is 0.958 bits per heavy atom. The number of alkyl halides is 6. The quantitative estimate of drug-likeness (QED) is 0.598. The fourth-order valence-electron chi connectivity index (χ4n) is 2.13. The van der Waals surface area contributed by atoms with Gasteiger partial charge in [-0.2, -0.15) is 31.4 Å². The Balaban J connectivity index is 2.27. The average Bonchev–Trinajstić information content (AvgIpc) is 3.14. The van der Waals surface area contributed by atoms with E-state index in [1.165, 1.54) is 23.7 Å². The lowest BCUT2D eigenvalue weighted by Gasteiger charge is -2.13. The first kappa shape index (κ1) is 16.5. The van der Waals surface area contributed by atoms with Crippen molar-refractivity contribution >= 4 is 11.3 Å². The lowest BCUT2D eigenvalue weighted by atomic mass is 10.0. The zero-order valence-corrected chi connectivity index (χ0v) is 12.4.